The summed E-state index contributed by atoms with van der Waals surface area (Å²) in [4.78, 5) is 15.5. The number of aromatic nitrogens is 1. The molecule has 3 rings (SSSR count). The first kappa shape index (κ1) is 16.1. The molecule has 0 saturated heterocycles. The third kappa shape index (κ3) is 3.95. The summed E-state index contributed by atoms with van der Waals surface area (Å²) < 4.78 is 0. The highest BCUT2D eigenvalue weighted by atomic mass is 16.1. The molecule has 0 bridgehead atoms. The second kappa shape index (κ2) is 7.67. The number of amides is 1. The average molecular weight is 312 g/mol. The lowest BCUT2D eigenvalue weighted by Gasteiger charge is -2.20. The Bertz CT molecular complexity index is 653. The van der Waals surface area contributed by atoms with Crippen LogP contribution < -0.4 is 5.32 Å². The van der Waals surface area contributed by atoms with Crippen molar-refractivity contribution in [3.8, 4) is 0 Å². The Balaban J connectivity index is 1.51. The summed E-state index contributed by atoms with van der Waals surface area (Å²) in [5, 5.41) is 4.41. The minimum Gasteiger partial charge on any atom is -0.361 e. The van der Waals surface area contributed by atoms with Crippen LogP contribution in [0.25, 0.3) is 10.9 Å². The van der Waals surface area contributed by atoms with E-state index in [1.54, 1.807) is 0 Å². The maximum atomic E-state index is 12.1. The molecule has 1 heterocycles. The number of nitrogens with one attached hydrogen (secondary N) is 2. The van der Waals surface area contributed by atoms with E-state index in [0.29, 0.717) is 12.3 Å². The van der Waals surface area contributed by atoms with Crippen molar-refractivity contribution < 1.29 is 4.79 Å². The number of benzene rings is 1. The smallest absolute Gasteiger partial charge is 0.220 e. The SMILES string of the molecule is CCc1cccc2c(CCNC(=O)CC3CCCCC3)c[nH]c12. The molecule has 0 radical (unpaired) electrons. The molecule has 3 nitrogen and oxygen atoms in total. The van der Waals surface area contributed by atoms with E-state index >= 15 is 0 Å². The zero-order valence-corrected chi connectivity index (χ0v) is 14.2. The van der Waals surface area contributed by atoms with Crippen LogP contribution >= 0.6 is 0 Å². The lowest BCUT2D eigenvalue weighted by molar-refractivity contribution is -0.122. The molecule has 3 heteroatoms. The van der Waals surface area contributed by atoms with Crippen LogP contribution in [0.5, 0.6) is 0 Å². The van der Waals surface area contributed by atoms with Crippen LogP contribution in [0.2, 0.25) is 0 Å². The molecule has 1 aromatic carbocycles. The highest BCUT2D eigenvalue weighted by Crippen LogP contribution is 2.26. The van der Waals surface area contributed by atoms with Gasteiger partial charge in [-0.2, -0.15) is 0 Å². The van der Waals surface area contributed by atoms with Gasteiger partial charge in [0.25, 0.3) is 0 Å². The Morgan fingerprint density at radius 3 is 2.83 bits per heavy atom. The van der Waals surface area contributed by atoms with E-state index in [4.69, 9.17) is 0 Å². The molecule has 1 aromatic heterocycles. The summed E-state index contributed by atoms with van der Waals surface area (Å²) in [6.45, 7) is 2.91. The molecule has 0 aliphatic heterocycles. The number of aromatic amines is 1. The fraction of sp³-hybridized carbons (Fsp3) is 0.550. The van der Waals surface area contributed by atoms with Crippen LogP contribution in [-0.2, 0) is 17.6 Å². The maximum absolute atomic E-state index is 12.1. The van der Waals surface area contributed by atoms with E-state index in [1.165, 1.54) is 54.1 Å². The van der Waals surface area contributed by atoms with Crippen LogP contribution in [0, 0.1) is 5.92 Å². The zero-order valence-electron chi connectivity index (χ0n) is 14.2. The minimum atomic E-state index is 0.228. The average Bonchev–Trinajstić information content (AvgIpc) is 2.99. The van der Waals surface area contributed by atoms with Crippen molar-refractivity contribution in [3.63, 3.8) is 0 Å². The van der Waals surface area contributed by atoms with Crippen molar-refractivity contribution >= 4 is 16.8 Å². The van der Waals surface area contributed by atoms with E-state index in [2.05, 4.69) is 41.6 Å². The quantitative estimate of drug-likeness (QED) is 0.818. The molecular formula is C20H28N2O. The molecule has 1 aliphatic carbocycles. The molecule has 0 spiro atoms. The van der Waals surface area contributed by atoms with Crippen molar-refractivity contribution in [3.05, 3.63) is 35.5 Å². The number of carbonyl (C=O) groups excluding carboxylic acids is 1. The second-order valence-corrected chi connectivity index (χ2v) is 6.82. The first-order valence-electron chi connectivity index (χ1n) is 9.12. The van der Waals surface area contributed by atoms with Gasteiger partial charge in [-0.1, -0.05) is 44.4 Å². The van der Waals surface area contributed by atoms with Gasteiger partial charge in [0.2, 0.25) is 5.91 Å². The zero-order chi connectivity index (χ0) is 16.1. The summed E-state index contributed by atoms with van der Waals surface area (Å²) in [5.41, 5.74) is 3.90. The normalized spacial score (nSPS) is 15.9. The molecule has 2 N–H and O–H groups in total. The molecule has 0 unspecified atom stereocenters. The van der Waals surface area contributed by atoms with Crippen molar-refractivity contribution in [2.45, 2.75) is 58.3 Å². The van der Waals surface area contributed by atoms with Gasteiger partial charge < -0.3 is 10.3 Å². The second-order valence-electron chi connectivity index (χ2n) is 6.82. The monoisotopic (exact) mass is 312 g/mol. The molecule has 1 saturated carbocycles. The van der Waals surface area contributed by atoms with Gasteiger partial charge in [0.1, 0.15) is 0 Å². The van der Waals surface area contributed by atoms with Gasteiger partial charge in [-0.05, 0) is 42.7 Å². The van der Waals surface area contributed by atoms with E-state index in [9.17, 15) is 4.79 Å². The third-order valence-corrected chi connectivity index (χ3v) is 5.18. The van der Waals surface area contributed by atoms with Crippen LogP contribution in [0.1, 0.15) is 56.6 Å². The molecule has 2 aromatic rings. The fourth-order valence-electron chi connectivity index (χ4n) is 3.84. The van der Waals surface area contributed by atoms with Crippen LogP contribution in [-0.4, -0.2) is 17.4 Å². The van der Waals surface area contributed by atoms with Gasteiger partial charge in [0.15, 0.2) is 0 Å². The molecule has 1 fully saturated rings. The Labute approximate surface area is 138 Å². The lowest BCUT2D eigenvalue weighted by atomic mass is 9.87. The largest absolute Gasteiger partial charge is 0.361 e. The topological polar surface area (TPSA) is 44.9 Å². The van der Waals surface area contributed by atoms with Gasteiger partial charge in [-0.25, -0.2) is 0 Å². The molecular weight excluding hydrogens is 284 g/mol. The number of aryl methyl sites for hydroxylation is 1. The molecule has 1 amide bonds. The summed E-state index contributed by atoms with van der Waals surface area (Å²) in [6.07, 6.45) is 11.1. The maximum Gasteiger partial charge on any atom is 0.220 e. The van der Waals surface area contributed by atoms with Gasteiger partial charge in [0.05, 0.1) is 0 Å². The van der Waals surface area contributed by atoms with Crippen molar-refractivity contribution in [2.24, 2.45) is 5.92 Å². The van der Waals surface area contributed by atoms with Crippen LogP contribution in [0.3, 0.4) is 0 Å². The summed E-state index contributed by atoms with van der Waals surface area (Å²) >= 11 is 0. The Morgan fingerprint density at radius 1 is 1.22 bits per heavy atom. The molecule has 23 heavy (non-hydrogen) atoms. The fourth-order valence-corrected chi connectivity index (χ4v) is 3.84. The van der Waals surface area contributed by atoms with Gasteiger partial charge >= 0.3 is 0 Å². The number of H-pyrrole nitrogens is 1. The van der Waals surface area contributed by atoms with Gasteiger partial charge in [-0.15, -0.1) is 0 Å². The minimum absolute atomic E-state index is 0.228. The Hall–Kier alpha value is -1.77. The number of fused-ring (bicyclic) bond motifs is 1. The summed E-state index contributed by atoms with van der Waals surface area (Å²) in [5.74, 6) is 0.843. The predicted molar refractivity (Wildman–Crippen MR) is 95.6 cm³/mol. The van der Waals surface area contributed by atoms with E-state index in [0.717, 1.165) is 19.4 Å². The van der Waals surface area contributed by atoms with Crippen molar-refractivity contribution in [1.29, 1.82) is 0 Å². The van der Waals surface area contributed by atoms with Gasteiger partial charge in [0, 0.05) is 30.1 Å². The van der Waals surface area contributed by atoms with E-state index in [-0.39, 0.29) is 5.91 Å². The standard InChI is InChI=1S/C20H28N2O/c1-2-16-9-6-10-18-17(14-22-20(16)18)11-12-21-19(23)13-15-7-4-3-5-8-15/h6,9-10,14-15,22H,2-5,7-8,11-13H2,1H3,(H,21,23). The molecule has 124 valence electrons. The van der Waals surface area contributed by atoms with E-state index in [1.807, 2.05) is 0 Å². The summed E-state index contributed by atoms with van der Waals surface area (Å²) in [6, 6.07) is 6.47. The number of hydrogen-bond donors (Lipinski definition) is 2. The molecule has 1 aliphatic rings. The number of carbonyl (C=O) groups is 1. The first-order chi connectivity index (χ1) is 11.3. The highest BCUT2D eigenvalue weighted by molar-refractivity contribution is 5.86. The Morgan fingerprint density at radius 2 is 2.04 bits per heavy atom. The van der Waals surface area contributed by atoms with Crippen LogP contribution in [0.4, 0.5) is 0 Å². The van der Waals surface area contributed by atoms with E-state index < -0.39 is 0 Å². The predicted octanol–water partition coefficient (Wildman–Crippen LogP) is 4.36. The first-order valence-corrected chi connectivity index (χ1v) is 9.12. The number of rotatable bonds is 6. The highest BCUT2D eigenvalue weighted by Gasteiger charge is 2.16. The van der Waals surface area contributed by atoms with Crippen molar-refractivity contribution in [1.82, 2.24) is 10.3 Å². The van der Waals surface area contributed by atoms with Crippen LogP contribution in [0.15, 0.2) is 24.4 Å². The van der Waals surface area contributed by atoms with Crippen molar-refractivity contribution in [2.75, 3.05) is 6.54 Å². The summed E-state index contributed by atoms with van der Waals surface area (Å²) in [7, 11) is 0. The lowest BCUT2D eigenvalue weighted by Crippen LogP contribution is -2.28. The number of hydrogen-bond acceptors (Lipinski definition) is 1. The number of para-hydroxylation sites is 1. The third-order valence-electron chi connectivity index (χ3n) is 5.18. The Kier molecular flexibility index (Phi) is 5.37. The molecule has 0 atom stereocenters. The van der Waals surface area contributed by atoms with Gasteiger partial charge in [-0.3, -0.25) is 4.79 Å².